The highest BCUT2D eigenvalue weighted by molar-refractivity contribution is 5.93. The summed E-state index contributed by atoms with van der Waals surface area (Å²) in [5.41, 5.74) is 5.45. The number of hydrogen-bond acceptors (Lipinski definition) is 8. The first-order valence-electron chi connectivity index (χ1n) is 15.4. The molecule has 3 aromatic heterocycles. The molecule has 9 nitrogen and oxygen atoms in total. The third kappa shape index (κ3) is 5.65. The summed E-state index contributed by atoms with van der Waals surface area (Å²) >= 11 is 0. The lowest BCUT2D eigenvalue weighted by Gasteiger charge is -2.36. The molecule has 5 heterocycles. The second kappa shape index (κ2) is 12.3. The number of methoxy groups -OCH3 is 1. The molecule has 0 saturated carbocycles. The van der Waals surface area contributed by atoms with Gasteiger partial charge in [-0.25, -0.2) is 14.8 Å². The summed E-state index contributed by atoms with van der Waals surface area (Å²) in [6.07, 6.45) is 5.03. The van der Waals surface area contributed by atoms with E-state index in [-0.39, 0.29) is 18.1 Å². The van der Waals surface area contributed by atoms with Crippen molar-refractivity contribution in [2.45, 2.75) is 57.4 Å². The molecule has 2 aliphatic rings. The summed E-state index contributed by atoms with van der Waals surface area (Å²) in [6.45, 7) is 6.06. The summed E-state index contributed by atoms with van der Waals surface area (Å²) in [4.78, 5) is 29.3. The van der Waals surface area contributed by atoms with Crippen molar-refractivity contribution in [3.05, 3.63) is 95.6 Å². The topological polar surface area (TPSA) is 91.6 Å². The third-order valence-electron chi connectivity index (χ3n) is 9.08. The summed E-state index contributed by atoms with van der Waals surface area (Å²) in [5.74, 6) is 1.67. The lowest BCUT2D eigenvalue weighted by molar-refractivity contribution is -0.0594. The van der Waals surface area contributed by atoms with Crippen LogP contribution in [0.4, 0.5) is 0 Å². The van der Waals surface area contributed by atoms with Crippen LogP contribution in [-0.2, 0) is 22.6 Å². The molecule has 2 aliphatic heterocycles. The second-order valence-electron chi connectivity index (χ2n) is 11.7. The number of likely N-dealkylation sites (tertiary alicyclic amines) is 1. The van der Waals surface area contributed by atoms with Crippen molar-refractivity contribution in [3.8, 4) is 5.88 Å². The van der Waals surface area contributed by atoms with Crippen LogP contribution in [0.2, 0.25) is 0 Å². The zero-order valence-corrected chi connectivity index (χ0v) is 25.2. The number of aromatic nitrogens is 4. The van der Waals surface area contributed by atoms with E-state index in [9.17, 15) is 4.79 Å². The Morgan fingerprint density at radius 3 is 2.64 bits per heavy atom. The van der Waals surface area contributed by atoms with E-state index >= 15 is 0 Å². The average Bonchev–Trinajstić information content (AvgIpc) is 3.42. The van der Waals surface area contributed by atoms with Gasteiger partial charge < -0.3 is 18.8 Å². The molecule has 7 rings (SSSR count). The van der Waals surface area contributed by atoms with E-state index in [0.29, 0.717) is 24.0 Å². The van der Waals surface area contributed by atoms with Crippen molar-refractivity contribution in [2.75, 3.05) is 26.8 Å². The predicted octanol–water partition coefficient (Wildman–Crippen LogP) is 6.07. The van der Waals surface area contributed by atoms with Crippen LogP contribution < -0.4 is 4.74 Å². The molecule has 44 heavy (non-hydrogen) atoms. The van der Waals surface area contributed by atoms with Crippen molar-refractivity contribution in [1.82, 2.24) is 24.4 Å². The second-order valence-corrected chi connectivity index (χ2v) is 11.7. The van der Waals surface area contributed by atoms with E-state index < -0.39 is 0 Å². The molecule has 1 unspecified atom stereocenters. The van der Waals surface area contributed by atoms with Gasteiger partial charge in [-0.3, -0.25) is 9.88 Å². The maximum absolute atomic E-state index is 12.3. The minimum absolute atomic E-state index is 0.113. The van der Waals surface area contributed by atoms with Gasteiger partial charge in [0.2, 0.25) is 5.88 Å². The maximum atomic E-state index is 12.3. The number of piperidine rings is 1. The van der Waals surface area contributed by atoms with Crippen LogP contribution in [0.25, 0.3) is 21.9 Å². The van der Waals surface area contributed by atoms with Crippen LogP contribution in [0.1, 0.15) is 65.6 Å². The van der Waals surface area contributed by atoms with E-state index in [2.05, 4.69) is 45.6 Å². The Morgan fingerprint density at radius 2 is 1.84 bits per heavy atom. The lowest BCUT2D eigenvalue weighted by atomic mass is 9.92. The molecule has 2 fully saturated rings. The fraction of sp³-hybridized carbons (Fsp3) is 0.371. The number of carbonyl (C=O) groups is 1. The highest BCUT2D eigenvalue weighted by atomic mass is 16.5. The molecule has 9 heteroatoms. The number of ether oxygens (including phenoxy) is 3. The van der Waals surface area contributed by atoms with Crippen molar-refractivity contribution in [3.63, 3.8) is 0 Å². The van der Waals surface area contributed by atoms with Gasteiger partial charge in [-0.15, -0.1) is 0 Å². The Hall–Kier alpha value is -4.34. The van der Waals surface area contributed by atoms with Gasteiger partial charge in [0.15, 0.2) is 0 Å². The fourth-order valence-corrected chi connectivity index (χ4v) is 6.45. The third-order valence-corrected chi connectivity index (χ3v) is 9.08. The first kappa shape index (κ1) is 28.4. The smallest absolute Gasteiger partial charge is 0.337 e. The highest BCUT2D eigenvalue weighted by Gasteiger charge is 2.30. The van der Waals surface area contributed by atoms with Crippen LogP contribution in [0.15, 0.2) is 72.9 Å². The van der Waals surface area contributed by atoms with Crippen molar-refractivity contribution in [1.29, 1.82) is 0 Å². The number of nitrogens with zero attached hydrogens (tertiary/aromatic N) is 5. The van der Waals surface area contributed by atoms with Crippen LogP contribution in [0.5, 0.6) is 5.88 Å². The Kier molecular flexibility index (Phi) is 7.97. The number of imidazole rings is 1. The highest BCUT2D eigenvalue weighted by Crippen LogP contribution is 2.34. The fourth-order valence-electron chi connectivity index (χ4n) is 6.45. The normalized spacial score (nSPS) is 18.3. The molecule has 5 aromatic rings. The first-order chi connectivity index (χ1) is 21.6. The molecule has 0 radical (unpaired) electrons. The molecule has 2 atom stereocenters. The van der Waals surface area contributed by atoms with Gasteiger partial charge in [0.25, 0.3) is 0 Å². The Bertz CT molecular complexity index is 1790. The van der Waals surface area contributed by atoms with Gasteiger partial charge in [-0.05, 0) is 69.6 Å². The van der Waals surface area contributed by atoms with Crippen LogP contribution in [0, 0.1) is 0 Å². The van der Waals surface area contributed by atoms with E-state index in [1.165, 1.54) is 7.11 Å². The standard InChI is InChI=1S/C35H37N5O4/c1-23(34-38-30-12-11-26(35(41)42-2)20-31(30)40(34)21-28-15-19-43-28)39-17-13-24(14-18-39)29-9-4-10-32(37-29)44-22-27-7-3-6-25-8-5-16-36-33(25)27/h3-12,16,20,23-24,28H,13-15,17-19,21-22H2,1-2H3/t23?,28-/m0/s1. The van der Waals surface area contributed by atoms with Gasteiger partial charge in [-0.2, -0.15) is 0 Å². The molecule has 2 aromatic carbocycles. The predicted molar refractivity (Wildman–Crippen MR) is 168 cm³/mol. The average molecular weight is 592 g/mol. The Morgan fingerprint density at radius 1 is 1.02 bits per heavy atom. The Balaban J connectivity index is 1.04. The van der Waals surface area contributed by atoms with E-state index in [1.54, 1.807) is 6.07 Å². The van der Waals surface area contributed by atoms with E-state index in [4.69, 9.17) is 24.2 Å². The van der Waals surface area contributed by atoms with Gasteiger partial charge in [-0.1, -0.05) is 30.3 Å². The zero-order valence-electron chi connectivity index (χ0n) is 25.2. The maximum Gasteiger partial charge on any atom is 0.337 e. The van der Waals surface area contributed by atoms with E-state index in [1.807, 2.05) is 42.6 Å². The summed E-state index contributed by atoms with van der Waals surface area (Å²) in [5, 5.41) is 1.11. The molecule has 2 saturated heterocycles. The number of para-hydroxylation sites is 1. The van der Waals surface area contributed by atoms with Crippen LogP contribution in [0.3, 0.4) is 0 Å². The number of pyridine rings is 2. The summed E-state index contributed by atoms with van der Waals surface area (Å²) in [6, 6.07) is 22.0. The number of carbonyl (C=O) groups excluding carboxylic acids is 1. The molecule has 0 amide bonds. The molecular weight excluding hydrogens is 554 g/mol. The summed E-state index contributed by atoms with van der Waals surface area (Å²) in [7, 11) is 1.41. The van der Waals surface area contributed by atoms with Crippen LogP contribution >= 0.6 is 0 Å². The van der Waals surface area contributed by atoms with Crippen LogP contribution in [-0.4, -0.2) is 63.3 Å². The molecule has 226 valence electrons. The number of fused-ring (bicyclic) bond motifs is 2. The van der Waals surface area contributed by atoms with E-state index in [0.717, 1.165) is 84.5 Å². The monoisotopic (exact) mass is 591 g/mol. The van der Waals surface area contributed by atoms with Gasteiger partial charge in [0.1, 0.15) is 12.4 Å². The Labute approximate surface area is 256 Å². The quantitative estimate of drug-likeness (QED) is 0.191. The summed E-state index contributed by atoms with van der Waals surface area (Å²) < 4.78 is 19.2. The van der Waals surface area contributed by atoms with Crippen molar-refractivity contribution in [2.24, 2.45) is 0 Å². The number of benzene rings is 2. The molecule has 0 aliphatic carbocycles. The van der Waals surface area contributed by atoms with Gasteiger partial charge in [0.05, 0.1) is 47.9 Å². The zero-order chi connectivity index (χ0) is 30.0. The molecule has 0 spiro atoms. The molecular formula is C35H37N5O4. The number of hydrogen-bond donors (Lipinski definition) is 0. The number of rotatable bonds is 9. The minimum Gasteiger partial charge on any atom is -0.473 e. The van der Waals surface area contributed by atoms with Crippen molar-refractivity contribution < 1.29 is 19.0 Å². The largest absolute Gasteiger partial charge is 0.473 e. The van der Waals surface area contributed by atoms with Gasteiger partial charge in [0, 0.05) is 41.4 Å². The SMILES string of the molecule is COC(=O)c1ccc2nc(C(C)N3CCC(c4cccc(OCc5cccc6cccnc56)n4)CC3)n(C[C@@H]3CCO3)c2c1. The van der Waals surface area contributed by atoms with Crippen molar-refractivity contribution >= 4 is 27.9 Å². The minimum atomic E-state index is -0.343. The lowest BCUT2D eigenvalue weighted by Crippen LogP contribution is -2.37. The first-order valence-corrected chi connectivity index (χ1v) is 15.4. The number of esters is 1. The van der Waals surface area contributed by atoms with Gasteiger partial charge >= 0.3 is 5.97 Å². The molecule has 0 N–H and O–H groups in total. The molecule has 0 bridgehead atoms.